The average Bonchev–Trinajstić information content (AvgIpc) is 2.61. The number of hydrogen-bond acceptors (Lipinski definition) is 3. The van der Waals surface area contributed by atoms with Gasteiger partial charge in [0.15, 0.2) is 5.54 Å². The largest absolute Gasteiger partial charge is 0.467 e. The minimum absolute atomic E-state index is 0.266. The molecule has 1 atom stereocenters. The van der Waals surface area contributed by atoms with E-state index in [1.165, 1.54) is 13.2 Å². The lowest BCUT2D eigenvalue weighted by Crippen LogP contribution is -2.55. The summed E-state index contributed by atoms with van der Waals surface area (Å²) in [5, 5.41) is 2.76. The number of nitrogens with one attached hydrogen (secondary N) is 1. The molecule has 4 nitrogen and oxygen atoms in total. The van der Waals surface area contributed by atoms with E-state index in [0.717, 1.165) is 5.56 Å². The van der Waals surface area contributed by atoms with Gasteiger partial charge in [-0.2, -0.15) is 0 Å². The number of rotatable bonds is 6. The second-order valence-corrected chi connectivity index (χ2v) is 5.15. The minimum Gasteiger partial charge on any atom is -0.467 e. The molecule has 0 saturated carbocycles. The van der Waals surface area contributed by atoms with Crippen LogP contribution >= 0.6 is 0 Å². The van der Waals surface area contributed by atoms with Crippen molar-refractivity contribution < 1.29 is 14.3 Å². The summed E-state index contributed by atoms with van der Waals surface area (Å²) < 4.78 is 4.89. The molecule has 0 fully saturated rings. The van der Waals surface area contributed by atoms with Crippen molar-refractivity contribution >= 4 is 11.9 Å². The minimum atomic E-state index is -1.32. The van der Waals surface area contributed by atoms with E-state index < -0.39 is 11.5 Å². The predicted octanol–water partition coefficient (Wildman–Crippen LogP) is 2.76. The van der Waals surface area contributed by atoms with Gasteiger partial charge < -0.3 is 10.1 Å². The molecule has 1 amide bonds. The lowest BCUT2D eigenvalue weighted by Gasteiger charge is -2.29. The highest BCUT2D eigenvalue weighted by molar-refractivity contribution is 5.99. The standard InChI is InChI=1S/C19H19NO3/c1-3-19(18(22)23-2,14-15-10-6-4-7-11-15)20-17(21)16-12-8-5-9-13-16/h3-13H,1,14H2,2H3,(H,20,21)/t19-/m0/s1. The Morgan fingerprint density at radius 1 is 1.09 bits per heavy atom. The molecule has 0 aliphatic rings. The second kappa shape index (κ2) is 7.40. The third-order valence-corrected chi connectivity index (χ3v) is 3.60. The van der Waals surface area contributed by atoms with Crippen molar-refractivity contribution in [2.75, 3.05) is 7.11 Å². The first-order valence-electron chi connectivity index (χ1n) is 7.25. The maximum Gasteiger partial charge on any atom is 0.336 e. The molecule has 2 aromatic rings. The summed E-state index contributed by atoms with van der Waals surface area (Å²) in [6.45, 7) is 3.73. The Labute approximate surface area is 135 Å². The first-order valence-corrected chi connectivity index (χ1v) is 7.25. The third kappa shape index (κ3) is 3.86. The van der Waals surface area contributed by atoms with Gasteiger partial charge in [-0.3, -0.25) is 4.79 Å². The molecule has 0 heterocycles. The van der Waals surface area contributed by atoms with Crippen LogP contribution in [-0.2, 0) is 16.0 Å². The number of carbonyl (C=O) groups excluding carboxylic acids is 2. The number of hydrogen-bond donors (Lipinski definition) is 1. The van der Waals surface area contributed by atoms with Crippen LogP contribution in [0.3, 0.4) is 0 Å². The normalized spacial score (nSPS) is 12.7. The summed E-state index contributed by atoms with van der Waals surface area (Å²) in [7, 11) is 1.29. The zero-order valence-electron chi connectivity index (χ0n) is 13.0. The van der Waals surface area contributed by atoms with Crippen LogP contribution in [0.2, 0.25) is 0 Å². The number of benzene rings is 2. The van der Waals surface area contributed by atoms with Crippen molar-refractivity contribution in [3.8, 4) is 0 Å². The average molecular weight is 309 g/mol. The number of carbonyl (C=O) groups is 2. The van der Waals surface area contributed by atoms with Crippen LogP contribution in [0.25, 0.3) is 0 Å². The van der Waals surface area contributed by atoms with Crippen LogP contribution < -0.4 is 5.32 Å². The summed E-state index contributed by atoms with van der Waals surface area (Å²) in [5.74, 6) is -0.910. The van der Waals surface area contributed by atoms with E-state index in [1.54, 1.807) is 24.3 Å². The smallest absolute Gasteiger partial charge is 0.336 e. The molecule has 23 heavy (non-hydrogen) atoms. The van der Waals surface area contributed by atoms with Crippen molar-refractivity contribution in [3.05, 3.63) is 84.4 Å². The van der Waals surface area contributed by atoms with E-state index in [1.807, 2.05) is 36.4 Å². The molecule has 2 rings (SSSR count). The number of ether oxygens (including phenoxy) is 1. The highest BCUT2D eigenvalue weighted by Gasteiger charge is 2.38. The monoisotopic (exact) mass is 309 g/mol. The molecule has 2 aromatic carbocycles. The van der Waals surface area contributed by atoms with Gasteiger partial charge in [0.25, 0.3) is 5.91 Å². The van der Waals surface area contributed by atoms with Gasteiger partial charge in [0.1, 0.15) is 0 Å². The zero-order chi connectivity index (χ0) is 16.7. The van der Waals surface area contributed by atoms with E-state index in [-0.39, 0.29) is 12.3 Å². The van der Waals surface area contributed by atoms with Crippen molar-refractivity contribution in [3.63, 3.8) is 0 Å². The van der Waals surface area contributed by atoms with Gasteiger partial charge in [-0.1, -0.05) is 54.6 Å². The van der Waals surface area contributed by atoms with Crippen LogP contribution in [0.5, 0.6) is 0 Å². The molecule has 0 aliphatic heterocycles. The van der Waals surface area contributed by atoms with Crippen molar-refractivity contribution in [1.82, 2.24) is 5.32 Å². The molecule has 0 unspecified atom stereocenters. The van der Waals surface area contributed by atoms with E-state index in [4.69, 9.17) is 4.74 Å². The van der Waals surface area contributed by atoms with Crippen molar-refractivity contribution in [2.45, 2.75) is 12.0 Å². The van der Waals surface area contributed by atoms with E-state index in [0.29, 0.717) is 5.56 Å². The highest BCUT2D eigenvalue weighted by atomic mass is 16.5. The maximum atomic E-state index is 12.5. The van der Waals surface area contributed by atoms with Gasteiger partial charge in [-0.25, -0.2) is 4.79 Å². The highest BCUT2D eigenvalue weighted by Crippen LogP contribution is 2.18. The van der Waals surface area contributed by atoms with Gasteiger partial charge in [0, 0.05) is 12.0 Å². The topological polar surface area (TPSA) is 55.4 Å². The molecule has 0 saturated heterocycles. The maximum absolute atomic E-state index is 12.5. The quantitative estimate of drug-likeness (QED) is 0.659. The van der Waals surface area contributed by atoms with Crippen molar-refractivity contribution in [2.24, 2.45) is 0 Å². The summed E-state index contributed by atoms with van der Waals surface area (Å²) >= 11 is 0. The fourth-order valence-electron chi connectivity index (χ4n) is 2.34. The Balaban J connectivity index is 2.31. The summed E-state index contributed by atoms with van der Waals surface area (Å²) in [5.41, 5.74) is 0.0464. The third-order valence-electron chi connectivity index (χ3n) is 3.60. The molecular formula is C19H19NO3. The lowest BCUT2D eigenvalue weighted by molar-refractivity contribution is -0.146. The number of amides is 1. The Hall–Kier alpha value is -2.88. The molecule has 0 radical (unpaired) electrons. The number of esters is 1. The first-order chi connectivity index (χ1) is 11.1. The van der Waals surface area contributed by atoms with Gasteiger partial charge in [0.2, 0.25) is 0 Å². The first kappa shape index (κ1) is 16.5. The SMILES string of the molecule is C=C[C@@](Cc1ccccc1)(NC(=O)c1ccccc1)C(=O)OC. The Bertz CT molecular complexity index is 682. The molecular weight excluding hydrogens is 290 g/mol. The summed E-state index contributed by atoms with van der Waals surface area (Å²) in [4.78, 5) is 24.8. The van der Waals surface area contributed by atoms with Crippen LogP contribution in [0, 0.1) is 0 Å². The molecule has 118 valence electrons. The zero-order valence-corrected chi connectivity index (χ0v) is 13.0. The molecule has 0 bridgehead atoms. The van der Waals surface area contributed by atoms with Gasteiger partial charge in [-0.05, 0) is 17.7 Å². The number of methoxy groups -OCH3 is 1. The predicted molar refractivity (Wildman–Crippen MR) is 89.0 cm³/mol. The van der Waals surface area contributed by atoms with E-state index >= 15 is 0 Å². The molecule has 0 aliphatic carbocycles. The second-order valence-electron chi connectivity index (χ2n) is 5.15. The van der Waals surface area contributed by atoms with Crippen LogP contribution in [0.4, 0.5) is 0 Å². The lowest BCUT2D eigenvalue weighted by atomic mass is 9.90. The Morgan fingerprint density at radius 2 is 1.65 bits per heavy atom. The molecule has 0 aromatic heterocycles. The molecule has 4 heteroatoms. The molecule has 1 N–H and O–H groups in total. The Morgan fingerprint density at radius 3 is 2.17 bits per heavy atom. The van der Waals surface area contributed by atoms with E-state index in [2.05, 4.69) is 11.9 Å². The van der Waals surface area contributed by atoms with Crippen LogP contribution in [0.15, 0.2) is 73.3 Å². The van der Waals surface area contributed by atoms with Crippen LogP contribution in [0.1, 0.15) is 15.9 Å². The molecule has 0 spiro atoms. The van der Waals surface area contributed by atoms with Gasteiger partial charge in [-0.15, -0.1) is 6.58 Å². The van der Waals surface area contributed by atoms with Gasteiger partial charge in [0.05, 0.1) is 7.11 Å². The fraction of sp³-hybridized carbons (Fsp3) is 0.158. The Kier molecular flexibility index (Phi) is 5.31. The van der Waals surface area contributed by atoms with Gasteiger partial charge >= 0.3 is 5.97 Å². The fourth-order valence-corrected chi connectivity index (χ4v) is 2.34. The van der Waals surface area contributed by atoms with Crippen LogP contribution in [-0.4, -0.2) is 24.5 Å². The van der Waals surface area contributed by atoms with Crippen molar-refractivity contribution in [1.29, 1.82) is 0 Å². The summed E-state index contributed by atoms with van der Waals surface area (Å²) in [6, 6.07) is 18.1. The summed E-state index contributed by atoms with van der Waals surface area (Å²) in [6.07, 6.45) is 1.69. The van der Waals surface area contributed by atoms with E-state index in [9.17, 15) is 9.59 Å².